The van der Waals surface area contributed by atoms with E-state index in [9.17, 15) is 4.79 Å². The first kappa shape index (κ1) is 15.5. The van der Waals surface area contributed by atoms with Gasteiger partial charge in [0.05, 0.1) is 13.2 Å². The second-order valence-electron chi connectivity index (χ2n) is 3.82. The van der Waals surface area contributed by atoms with Gasteiger partial charge in [0.1, 0.15) is 5.75 Å². The Labute approximate surface area is 118 Å². The van der Waals surface area contributed by atoms with E-state index in [1.54, 1.807) is 26.4 Å². The fourth-order valence-electron chi connectivity index (χ4n) is 1.60. The van der Waals surface area contributed by atoms with Gasteiger partial charge in [-0.2, -0.15) is 0 Å². The summed E-state index contributed by atoms with van der Waals surface area (Å²) < 4.78 is 10.5. The van der Waals surface area contributed by atoms with Gasteiger partial charge in [0.15, 0.2) is 0 Å². The third kappa shape index (κ3) is 5.73. The maximum absolute atomic E-state index is 10.5. The Bertz CT molecular complexity index is 449. The second kappa shape index (κ2) is 8.51. The third-order valence-electron chi connectivity index (χ3n) is 2.60. The molecule has 0 bridgehead atoms. The Balaban J connectivity index is 2.59. The number of ether oxygens (including phenoxy) is 2. The van der Waals surface area contributed by atoms with Crippen LogP contribution < -0.4 is 4.74 Å². The minimum absolute atomic E-state index is 0.0257. The molecule has 0 radical (unpaired) electrons. The average Bonchev–Trinajstić information content (AvgIpc) is 2.43. The van der Waals surface area contributed by atoms with Gasteiger partial charge in [-0.1, -0.05) is 30.4 Å². The molecule has 0 aliphatic carbocycles. The summed E-state index contributed by atoms with van der Waals surface area (Å²) in [5.41, 5.74) is 1.07. The Morgan fingerprint density at radius 1 is 1.26 bits per heavy atom. The zero-order valence-corrected chi connectivity index (χ0v) is 11.8. The minimum Gasteiger partial charge on any atom is -0.497 e. The highest BCUT2D eigenvalue weighted by molar-refractivity contribution is 6.66. The largest absolute Gasteiger partial charge is 0.497 e. The first-order chi connectivity index (χ1) is 9.17. The lowest BCUT2D eigenvalue weighted by Crippen LogP contribution is -1.99. The molecule has 0 amide bonds. The molecule has 19 heavy (non-hydrogen) atoms. The summed E-state index contributed by atoms with van der Waals surface area (Å²) >= 11 is 5.17. The lowest BCUT2D eigenvalue weighted by atomic mass is 10.1. The van der Waals surface area contributed by atoms with Crippen molar-refractivity contribution in [1.82, 2.24) is 0 Å². The molecule has 0 heterocycles. The fourth-order valence-corrected chi connectivity index (χ4v) is 1.67. The van der Waals surface area contributed by atoms with Gasteiger partial charge in [0.25, 0.3) is 0 Å². The summed E-state index contributed by atoms with van der Waals surface area (Å²) in [5, 5.41) is -0.483. The smallest absolute Gasteiger partial charge is 0.245 e. The quantitative estimate of drug-likeness (QED) is 0.434. The average molecular weight is 281 g/mol. The molecule has 1 atom stereocenters. The topological polar surface area (TPSA) is 35.5 Å². The number of halogens is 1. The van der Waals surface area contributed by atoms with Gasteiger partial charge in [0.2, 0.25) is 5.24 Å². The number of carbonyl (C=O) groups is 1. The molecule has 0 aromatic heterocycles. The zero-order valence-electron chi connectivity index (χ0n) is 11.0. The summed E-state index contributed by atoms with van der Waals surface area (Å²) in [5.74, 6) is 0.817. The number of rotatable bonds is 7. The van der Waals surface area contributed by atoms with Crippen molar-refractivity contribution in [2.24, 2.45) is 0 Å². The van der Waals surface area contributed by atoms with Crippen LogP contribution in [0.15, 0.2) is 48.6 Å². The van der Waals surface area contributed by atoms with Crippen LogP contribution in [0.25, 0.3) is 0 Å². The highest BCUT2D eigenvalue weighted by Gasteiger charge is 2.08. The standard InChI is InChI=1S/C15H17ClO3/c1-18-13-10-8-12(9-11-13)14(19-2)6-4-3-5-7-15(16)17/h3-5,7-11,14H,6H2,1-2H3/b4-3+,7-5+. The minimum atomic E-state index is -0.483. The molecule has 0 N–H and O–H groups in total. The molecule has 3 nitrogen and oxygen atoms in total. The molecule has 1 aromatic rings. The van der Waals surface area contributed by atoms with Crippen molar-refractivity contribution < 1.29 is 14.3 Å². The fraction of sp³-hybridized carbons (Fsp3) is 0.267. The highest BCUT2D eigenvalue weighted by Crippen LogP contribution is 2.23. The molecule has 0 saturated heterocycles. The molecule has 102 valence electrons. The Kier molecular flexibility index (Phi) is 6.93. The van der Waals surface area contributed by atoms with Crippen molar-refractivity contribution in [3.63, 3.8) is 0 Å². The maximum atomic E-state index is 10.5. The van der Waals surface area contributed by atoms with E-state index in [1.165, 1.54) is 6.08 Å². The molecule has 4 heteroatoms. The molecule has 0 aliphatic heterocycles. The monoisotopic (exact) mass is 280 g/mol. The van der Waals surface area contributed by atoms with Crippen molar-refractivity contribution in [3.8, 4) is 5.75 Å². The van der Waals surface area contributed by atoms with Gasteiger partial charge >= 0.3 is 0 Å². The maximum Gasteiger partial charge on any atom is 0.245 e. The lowest BCUT2D eigenvalue weighted by molar-refractivity contribution is -0.107. The predicted octanol–water partition coefficient (Wildman–Crippen LogP) is 3.65. The molecule has 1 aromatic carbocycles. The number of allylic oxidation sites excluding steroid dienone is 3. The van der Waals surface area contributed by atoms with E-state index in [0.29, 0.717) is 6.42 Å². The van der Waals surface area contributed by atoms with E-state index >= 15 is 0 Å². The lowest BCUT2D eigenvalue weighted by Gasteiger charge is -2.14. The molecular weight excluding hydrogens is 264 g/mol. The Morgan fingerprint density at radius 3 is 2.47 bits per heavy atom. The normalized spacial score (nSPS) is 13.0. The van der Waals surface area contributed by atoms with Crippen molar-refractivity contribution in [1.29, 1.82) is 0 Å². The van der Waals surface area contributed by atoms with Gasteiger partial charge in [-0.25, -0.2) is 0 Å². The van der Waals surface area contributed by atoms with Gasteiger partial charge in [-0.05, 0) is 41.8 Å². The Hall–Kier alpha value is -1.58. The van der Waals surface area contributed by atoms with Crippen molar-refractivity contribution in [2.45, 2.75) is 12.5 Å². The van der Waals surface area contributed by atoms with Crippen LogP contribution in [-0.2, 0) is 9.53 Å². The molecular formula is C15H17ClO3. The number of hydrogen-bond donors (Lipinski definition) is 0. The summed E-state index contributed by atoms with van der Waals surface area (Å²) in [4.78, 5) is 10.5. The van der Waals surface area contributed by atoms with Crippen molar-refractivity contribution in [2.75, 3.05) is 14.2 Å². The van der Waals surface area contributed by atoms with Gasteiger partial charge in [-0.15, -0.1) is 0 Å². The van der Waals surface area contributed by atoms with E-state index in [1.807, 2.05) is 30.3 Å². The molecule has 0 saturated carbocycles. The van der Waals surface area contributed by atoms with Gasteiger partial charge < -0.3 is 9.47 Å². The predicted molar refractivity (Wildman–Crippen MR) is 76.5 cm³/mol. The van der Waals surface area contributed by atoms with E-state index in [4.69, 9.17) is 21.1 Å². The summed E-state index contributed by atoms with van der Waals surface area (Å²) in [6.45, 7) is 0. The number of carbonyl (C=O) groups excluding carboxylic acids is 1. The van der Waals surface area contributed by atoms with E-state index < -0.39 is 5.24 Å². The molecule has 1 unspecified atom stereocenters. The van der Waals surface area contributed by atoms with Crippen molar-refractivity contribution in [3.05, 3.63) is 54.1 Å². The SMILES string of the molecule is COc1ccc(C(C/C=C/C=C/C(=O)Cl)OC)cc1. The van der Waals surface area contributed by atoms with Gasteiger partial charge in [-0.3, -0.25) is 4.79 Å². The molecule has 1 rings (SSSR count). The second-order valence-corrected chi connectivity index (χ2v) is 4.20. The third-order valence-corrected chi connectivity index (χ3v) is 2.72. The van der Waals surface area contributed by atoms with Crippen LogP contribution in [0.4, 0.5) is 0 Å². The van der Waals surface area contributed by atoms with E-state index in [2.05, 4.69) is 0 Å². The highest BCUT2D eigenvalue weighted by atomic mass is 35.5. The first-order valence-electron chi connectivity index (χ1n) is 5.86. The van der Waals surface area contributed by atoms with Crippen LogP contribution in [-0.4, -0.2) is 19.5 Å². The molecule has 0 fully saturated rings. The zero-order chi connectivity index (χ0) is 14.1. The van der Waals surface area contributed by atoms with Crippen LogP contribution in [0.3, 0.4) is 0 Å². The number of hydrogen-bond acceptors (Lipinski definition) is 3. The number of methoxy groups -OCH3 is 2. The summed E-state index contributed by atoms with van der Waals surface area (Å²) in [7, 11) is 3.30. The number of benzene rings is 1. The summed E-state index contributed by atoms with van der Waals surface area (Å²) in [6, 6.07) is 7.74. The van der Waals surface area contributed by atoms with Crippen LogP contribution in [0.5, 0.6) is 5.75 Å². The first-order valence-corrected chi connectivity index (χ1v) is 6.24. The van der Waals surface area contributed by atoms with Crippen LogP contribution in [0, 0.1) is 0 Å². The molecule has 0 spiro atoms. The van der Waals surface area contributed by atoms with Crippen LogP contribution >= 0.6 is 11.6 Å². The van der Waals surface area contributed by atoms with E-state index in [0.717, 1.165) is 11.3 Å². The van der Waals surface area contributed by atoms with Gasteiger partial charge in [0, 0.05) is 7.11 Å². The molecule has 0 aliphatic rings. The van der Waals surface area contributed by atoms with Crippen LogP contribution in [0.2, 0.25) is 0 Å². The summed E-state index contributed by atoms with van der Waals surface area (Å²) in [6.07, 6.45) is 7.29. The van der Waals surface area contributed by atoms with E-state index in [-0.39, 0.29) is 6.10 Å². The van der Waals surface area contributed by atoms with Crippen molar-refractivity contribution >= 4 is 16.8 Å². The van der Waals surface area contributed by atoms with Crippen LogP contribution in [0.1, 0.15) is 18.1 Å². The Morgan fingerprint density at radius 2 is 1.95 bits per heavy atom.